The number of halogens is 2. The fraction of sp³-hybridized carbons (Fsp3) is 0.583. The van der Waals surface area contributed by atoms with Crippen LogP contribution in [0, 0.1) is 6.92 Å². The lowest BCUT2D eigenvalue weighted by Gasteiger charge is -2.05. The third-order valence-corrected chi connectivity index (χ3v) is 4.02. The molecule has 1 unspecified atom stereocenters. The van der Waals surface area contributed by atoms with E-state index < -0.39 is 0 Å². The highest BCUT2D eigenvalue weighted by Gasteiger charge is 2.15. The zero-order valence-electron chi connectivity index (χ0n) is 11.3. The standard InChI is InChI=1S/C12H17Cl2N5/c1-4-9(13)10-6-18(17-15-10)7-11-12(14)8(3)16-19(11)5-2/h6,9H,4-5,7H2,1-3H3. The molecule has 0 saturated carbocycles. The van der Waals surface area contributed by atoms with E-state index in [1.54, 1.807) is 4.68 Å². The molecule has 104 valence electrons. The first-order valence-electron chi connectivity index (χ1n) is 6.32. The number of rotatable bonds is 5. The van der Waals surface area contributed by atoms with Crippen LogP contribution in [0.2, 0.25) is 5.02 Å². The summed E-state index contributed by atoms with van der Waals surface area (Å²) in [5.41, 5.74) is 2.57. The van der Waals surface area contributed by atoms with Crippen LogP contribution in [-0.4, -0.2) is 24.8 Å². The quantitative estimate of drug-likeness (QED) is 0.797. The van der Waals surface area contributed by atoms with Crippen molar-refractivity contribution in [3.8, 4) is 0 Å². The molecule has 0 aliphatic rings. The van der Waals surface area contributed by atoms with Gasteiger partial charge in [0.25, 0.3) is 0 Å². The van der Waals surface area contributed by atoms with Crippen LogP contribution in [0.3, 0.4) is 0 Å². The maximum absolute atomic E-state index is 6.27. The van der Waals surface area contributed by atoms with Crippen molar-refractivity contribution in [1.29, 1.82) is 0 Å². The highest BCUT2D eigenvalue weighted by Crippen LogP contribution is 2.23. The number of aromatic nitrogens is 5. The summed E-state index contributed by atoms with van der Waals surface area (Å²) in [6.07, 6.45) is 2.69. The second-order valence-electron chi connectivity index (χ2n) is 4.38. The van der Waals surface area contributed by atoms with E-state index in [1.165, 1.54) is 0 Å². The Labute approximate surface area is 122 Å². The minimum absolute atomic E-state index is 0.0953. The molecule has 0 aliphatic carbocycles. The van der Waals surface area contributed by atoms with Crippen molar-refractivity contribution in [2.75, 3.05) is 0 Å². The number of aryl methyl sites for hydroxylation is 2. The molecule has 0 aliphatic heterocycles. The van der Waals surface area contributed by atoms with Gasteiger partial charge in [-0.15, -0.1) is 16.7 Å². The smallest absolute Gasteiger partial charge is 0.101 e. The summed E-state index contributed by atoms with van der Waals surface area (Å²) in [5, 5.41) is 13.1. The van der Waals surface area contributed by atoms with Crippen LogP contribution in [0.4, 0.5) is 0 Å². The Balaban J connectivity index is 2.24. The van der Waals surface area contributed by atoms with Crippen LogP contribution in [0.25, 0.3) is 0 Å². The second kappa shape index (κ2) is 5.92. The fourth-order valence-electron chi connectivity index (χ4n) is 1.92. The summed E-state index contributed by atoms with van der Waals surface area (Å²) in [6.45, 7) is 7.27. The first kappa shape index (κ1) is 14.3. The lowest BCUT2D eigenvalue weighted by Crippen LogP contribution is -2.08. The summed E-state index contributed by atoms with van der Waals surface area (Å²) in [4.78, 5) is 0. The number of nitrogens with zero attached hydrogens (tertiary/aromatic N) is 5. The Morgan fingerprint density at radius 2 is 2.11 bits per heavy atom. The lowest BCUT2D eigenvalue weighted by atomic mass is 10.3. The number of alkyl halides is 1. The van der Waals surface area contributed by atoms with Gasteiger partial charge in [0.15, 0.2) is 0 Å². The average molecular weight is 302 g/mol. The minimum atomic E-state index is -0.0953. The van der Waals surface area contributed by atoms with Gasteiger partial charge in [-0.1, -0.05) is 23.7 Å². The predicted molar refractivity (Wildman–Crippen MR) is 75.7 cm³/mol. The molecule has 19 heavy (non-hydrogen) atoms. The van der Waals surface area contributed by atoms with Crippen LogP contribution < -0.4 is 0 Å². The van der Waals surface area contributed by atoms with E-state index >= 15 is 0 Å². The monoisotopic (exact) mass is 301 g/mol. The van der Waals surface area contributed by atoms with Gasteiger partial charge < -0.3 is 0 Å². The Kier molecular flexibility index (Phi) is 4.47. The third-order valence-electron chi connectivity index (χ3n) is 3.00. The van der Waals surface area contributed by atoms with Crippen LogP contribution in [0.5, 0.6) is 0 Å². The van der Waals surface area contributed by atoms with Crippen molar-refractivity contribution < 1.29 is 0 Å². The van der Waals surface area contributed by atoms with E-state index in [0.29, 0.717) is 11.6 Å². The van der Waals surface area contributed by atoms with Gasteiger partial charge in [0, 0.05) is 6.54 Å². The van der Waals surface area contributed by atoms with Gasteiger partial charge >= 0.3 is 0 Å². The van der Waals surface area contributed by atoms with Gasteiger partial charge in [0.1, 0.15) is 5.69 Å². The normalized spacial score (nSPS) is 12.9. The lowest BCUT2D eigenvalue weighted by molar-refractivity contribution is 0.565. The molecule has 0 radical (unpaired) electrons. The van der Waals surface area contributed by atoms with E-state index in [4.69, 9.17) is 23.2 Å². The van der Waals surface area contributed by atoms with Crippen LogP contribution in [-0.2, 0) is 13.1 Å². The summed E-state index contributed by atoms with van der Waals surface area (Å²) >= 11 is 12.4. The average Bonchev–Trinajstić information content (AvgIpc) is 2.98. The molecule has 5 nitrogen and oxygen atoms in total. The largest absolute Gasteiger partial charge is 0.266 e. The summed E-state index contributed by atoms with van der Waals surface area (Å²) in [7, 11) is 0. The Morgan fingerprint density at radius 3 is 2.74 bits per heavy atom. The third kappa shape index (κ3) is 2.92. The predicted octanol–water partition coefficient (Wildman–Crippen LogP) is 3.19. The first-order valence-corrected chi connectivity index (χ1v) is 7.14. The molecule has 2 aromatic rings. The van der Waals surface area contributed by atoms with Crippen molar-refractivity contribution in [3.05, 3.63) is 28.3 Å². The Hall–Kier alpha value is -1.07. The molecule has 2 rings (SSSR count). The highest BCUT2D eigenvalue weighted by atomic mass is 35.5. The topological polar surface area (TPSA) is 48.5 Å². The van der Waals surface area contributed by atoms with Gasteiger partial charge in [-0.05, 0) is 20.3 Å². The van der Waals surface area contributed by atoms with Crippen molar-refractivity contribution in [2.24, 2.45) is 0 Å². The van der Waals surface area contributed by atoms with E-state index in [0.717, 1.165) is 30.0 Å². The maximum Gasteiger partial charge on any atom is 0.101 e. The van der Waals surface area contributed by atoms with E-state index in [1.807, 2.05) is 31.6 Å². The van der Waals surface area contributed by atoms with Crippen molar-refractivity contribution in [1.82, 2.24) is 24.8 Å². The number of hydrogen-bond acceptors (Lipinski definition) is 3. The summed E-state index contributed by atoms with van der Waals surface area (Å²) < 4.78 is 3.63. The van der Waals surface area contributed by atoms with E-state index in [-0.39, 0.29) is 5.38 Å². The molecule has 2 heterocycles. The van der Waals surface area contributed by atoms with E-state index in [2.05, 4.69) is 15.4 Å². The molecular formula is C12H17Cl2N5. The molecule has 7 heteroatoms. The molecule has 1 atom stereocenters. The van der Waals surface area contributed by atoms with Crippen molar-refractivity contribution in [2.45, 2.75) is 45.7 Å². The van der Waals surface area contributed by atoms with Crippen LogP contribution >= 0.6 is 23.2 Å². The molecule has 0 fully saturated rings. The SMILES string of the molecule is CCC(Cl)c1cn(Cc2c(Cl)c(C)nn2CC)nn1. The molecule has 0 amide bonds. The molecule has 0 aromatic carbocycles. The first-order chi connectivity index (χ1) is 9.06. The molecular weight excluding hydrogens is 285 g/mol. The van der Waals surface area contributed by atoms with Crippen LogP contribution in [0.1, 0.15) is 42.7 Å². The van der Waals surface area contributed by atoms with Gasteiger partial charge in [-0.3, -0.25) is 4.68 Å². The molecule has 0 saturated heterocycles. The summed E-state index contributed by atoms with van der Waals surface area (Å²) in [6, 6.07) is 0. The van der Waals surface area contributed by atoms with Crippen LogP contribution in [0.15, 0.2) is 6.20 Å². The number of hydrogen-bond donors (Lipinski definition) is 0. The zero-order chi connectivity index (χ0) is 14.0. The maximum atomic E-state index is 6.27. The van der Waals surface area contributed by atoms with Gasteiger partial charge in [0.2, 0.25) is 0 Å². The molecule has 0 spiro atoms. The molecule has 0 bridgehead atoms. The highest BCUT2D eigenvalue weighted by molar-refractivity contribution is 6.31. The second-order valence-corrected chi connectivity index (χ2v) is 5.28. The minimum Gasteiger partial charge on any atom is -0.266 e. The zero-order valence-corrected chi connectivity index (χ0v) is 12.8. The Bertz CT molecular complexity index is 560. The van der Waals surface area contributed by atoms with Crippen molar-refractivity contribution in [3.63, 3.8) is 0 Å². The van der Waals surface area contributed by atoms with Gasteiger partial charge in [0.05, 0.1) is 34.5 Å². The fourth-order valence-corrected chi connectivity index (χ4v) is 2.21. The summed E-state index contributed by atoms with van der Waals surface area (Å²) in [5.74, 6) is 0. The van der Waals surface area contributed by atoms with Gasteiger partial charge in [-0.25, -0.2) is 4.68 Å². The molecule has 2 aromatic heterocycles. The van der Waals surface area contributed by atoms with Crippen molar-refractivity contribution >= 4 is 23.2 Å². The molecule has 0 N–H and O–H groups in total. The van der Waals surface area contributed by atoms with E-state index in [9.17, 15) is 0 Å². The Morgan fingerprint density at radius 1 is 1.37 bits per heavy atom. The van der Waals surface area contributed by atoms with Gasteiger partial charge in [-0.2, -0.15) is 5.10 Å².